The number of alkyl halides is 5. The van der Waals surface area contributed by atoms with Crippen molar-refractivity contribution in [1.82, 2.24) is 9.97 Å². The highest BCUT2D eigenvalue weighted by Crippen LogP contribution is 2.34. The van der Waals surface area contributed by atoms with Crippen LogP contribution >= 0.6 is 0 Å². The van der Waals surface area contributed by atoms with Gasteiger partial charge in [0.05, 0.1) is 11.1 Å². The number of primary sulfonamides is 1. The van der Waals surface area contributed by atoms with Gasteiger partial charge in [-0.25, -0.2) is 32.3 Å². The van der Waals surface area contributed by atoms with Gasteiger partial charge in [-0.15, -0.1) is 0 Å². The summed E-state index contributed by atoms with van der Waals surface area (Å²) in [4.78, 5) is 21.5. The molecule has 3 N–H and O–H groups in total. The van der Waals surface area contributed by atoms with Crippen molar-refractivity contribution in [2.24, 2.45) is 5.14 Å². The number of hydrogen-bond donors (Lipinski definition) is 2. The van der Waals surface area contributed by atoms with Crippen LogP contribution < -0.4 is 15.4 Å². The van der Waals surface area contributed by atoms with Gasteiger partial charge in [-0.1, -0.05) is 0 Å². The van der Waals surface area contributed by atoms with E-state index in [0.29, 0.717) is 12.3 Å². The molecule has 0 radical (unpaired) electrons. The highest BCUT2D eigenvalue weighted by atomic mass is 32.2. The van der Waals surface area contributed by atoms with Crippen LogP contribution in [0.5, 0.6) is 0 Å². The fraction of sp³-hybridized carbons (Fsp3) is 0.389. The molecule has 0 unspecified atom stereocenters. The molecule has 3 rings (SSSR count). The summed E-state index contributed by atoms with van der Waals surface area (Å²) in [5, 5.41) is 6.70. The van der Waals surface area contributed by atoms with Crippen molar-refractivity contribution in [3.8, 4) is 0 Å². The number of carbonyl (C=O) groups excluding carboxylic acids is 1. The van der Waals surface area contributed by atoms with Crippen molar-refractivity contribution in [3.05, 3.63) is 41.7 Å². The Morgan fingerprint density at radius 2 is 1.88 bits per heavy atom. The molecule has 1 aliphatic heterocycles. The van der Waals surface area contributed by atoms with Crippen LogP contribution in [0.25, 0.3) is 0 Å². The van der Waals surface area contributed by atoms with Crippen LogP contribution in [0.3, 0.4) is 0 Å². The number of carbonyl (C=O) groups is 1. The minimum Gasteiger partial charge on any atom is -0.356 e. The van der Waals surface area contributed by atoms with Crippen LogP contribution in [0.4, 0.5) is 33.5 Å². The first-order valence-corrected chi connectivity index (χ1v) is 10.8. The lowest BCUT2D eigenvalue weighted by Gasteiger charge is -2.24. The Hall–Kier alpha value is -2.87. The Balaban J connectivity index is 1.98. The number of pyridine rings is 2. The van der Waals surface area contributed by atoms with E-state index in [9.17, 15) is 35.2 Å². The van der Waals surface area contributed by atoms with Crippen molar-refractivity contribution in [2.75, 3.05) is 23.3 Å². The highest BCUT2D eigenvalue weighted by Gasteiger charge is 2.35. The molecule has 1 amide bonds. The summed E-state index contributed by atoms with van der Waals surface area (Å²) in [5.41, 5.74) is -1.80. The molecular weight excluding hydrogens is 461 g/mol. The molecule has 0 aromatic carbocycles. The van der Waals surface area contributed by atoms with Crippen molar-refractivity contribution >= 4 is 27.4 Å². The quantitative estimate of drug-likeness (QED) is 0.651. The minimum absolute atomic E-state index is 0.0544. The zero-order chi connectivity index (χ0) is 23.7. The number of halogens is 5. The van der Waals surface area contributed by atoms with Gasteiger partial charge in [-0.05, 0) is 18.6 Å². The Morgan fingerprint density at radius 3 is 2.53 bits per heavy atom. The molecule has 2 aromatic heterocycles. The van der Waals surface area contributed by atoms with Crippen molar-refractivity contribution in [3.63, 3.8) is 0 Å². The third kappa shape index (κ3) is 5.68. The third-order valence-corrected chi connectivity index (χ3v) is 5.55. The molecule has 1 aliphatic rings. The van der Waals surface area contributed by atoms with E-state index in [-0.39, 0.29) is 37.4 Å². The number of nitrogens with two attached hydrogens (primary N) is 1. The zero-order valence-corrected chi connectivity index (χ0v) is 17.2. The van der Waals surface area contributed by atoms with Gasteiger partial charge >= 0.3 is 6.18 Å². The molecule has 0 bridgehead atoms. The molecule has 8 nitrogen and oxygen atoms in total. The molecule has 14 heteroatoms. The molecule has 32 heavy (non-hydrogen) atoms. The topological polar surface area (TPSA) is 118 Å². The molecular formula is C18H18F5N5O3S. The van der Waals surface area contributed by atoms with Gasteiger partial charge in [0.1, 0.15) is 5.82 Å². The standard InChI is InChI=1S/C18H18F5N5O3S/c19-17(20)3-1-6-28(7-4-17)15-13(8-11(10-26-15)18(21,22)23)16(29)27-12-2-5-25-14(9-12)32(24,30)31/h2,5,8-10H,1,3-4,6-7H2,(H2,24,30,31)(H,25,27,29). The predicted molar refractivity (Wildman–Crippen MR) is 104 cm³/mol. The molecule has 3 heterocycles. The molecule has 0 spiro atoms. The maximum absolute atomic E-state index is 13.7. The number of amides is 1. The van der Waals surface area contributed by atoms with Gasteiger partial charge in [0, 0.05) is 50.1 Å². The summed E-state index contributed by atoms with van der Waals surface area (Å²) < 4.78 is 89.9. The summed E-state index contributed by atoms with van der Waals surface area (Å²) in [6, 6.07) is 2.71. The van der Waals surface area contributed by atoms with Gasteiger partial charge < -0.3 is 10.2 Å². The lowest BCUT2D eigenvalue weighted by Crippen LogP contribution is -2.30. The fourth-order valence-corrected chi connectivity index (χ4v) is 3.65. The second-order valence-corrected chi connectivity index (χ2v) is 8.68. The molecule has 0 aliphatic carbocycles. The van der Waals surface area contributed by atoms with E-state index < -0.39 is 50.6 Å². The maximum atomic E-state index is 13.7. The first-order valence-electron chi connectivity index (χ1n) is 9.26. The summed E-state index contributed by atoms with van der Waals surface area (Å²) in [7, 11) is -4.20. The average Bonchev–Trinajstić information content (AvgIpc) is 2.87. The fourth-order valence-electron chi connectivity index (χ4n) is 3.15. The number of hydrogen-bond acceptors (Lipinski definition) is 6. The second kappa shape index (κ2) is 8.58. The van der Waals surface area contributed by atoms with Gasteiger partial charge in [-0.3, -0.25) is 4.79 Å². The SMILES string of the molecule is NS(=O)(=O)c1cc(NC(=O)c2cc(C(F)(F)F)cnc2N2CCCC(F)(F)CC2)ccn1. The lowest BCUT2D eigenvalue weighted by atomic mass is 10.1. The largest absolute Gasteiger partial charge is 0.417 e. The Kier molecular flexibility index (Phi) is 6.38. The lowest BCUT2D eigenvalue weighted by molar-refractivity contribution is -0.137. The van der Waals surface area contributed by atoms with Crippen LogP contribution in [0.2, 0.25) is 0 Å². The summed E-state index contributed by atoms with van der Waals surface area (Å²) in [5.74, 6) is -4.15. The summed E-state index contributed by atoms with van der Waals surface area (Å²) in [6.07, 6.45) is -4.11. The first kappa shape index (κ1) is 23.8. The van der Waals surface area contributed by atoms with E-state index in [1.54, 1.807) is 0 Å². The minimum atomic E-state index is -4.80. The van der Waals surface area contributed by atoms with E-state index >= 15 is 0 Å². The monoisotopic (exact) mass is 479 g/mol. The zero-order valence-electron chi connectivity index (χ0n) is 16.4. The van der Waals surface area contributed by atoms with E-state index in [1.165, 1.54) is 11.0 Å². The van der Waals surface area contributed by atoms with Crippen LogP contribution in [-0.4, -0.2) is 43.3 Å². The number of sulfonamides is 1. The molecule has 0 atom stereocenters. The van der Waals surface area contributed by atoms with Crippen molar-refractivity contribution in [1.29, 1.82) is 0 Å². The number of rotatable bonds is 4. The Morgan fingerprint density at radius 1 is 1.16 bits per heavy atom. The van der Waals surface area contributed by atoms with Gasteiger partial charge in [0.2, 0.25) is 5.92 Å². The van der Waals surface area contributed by atoms with Gasteiger partial charge in [-0.2, -0.15) is 13.2 Å². The number of nitrogens with one attached hydrogen (secondary N) is 1. The van der Waals surface area contributed by atoms with Crippen LogP contribution in [0.1, 0.15) is 35.2 Å². The normalized spacial score (nSPS) is 17.0. The van der Waals surface area contributed by atoms with E-state index in [1.807, 2.05) is 0 Å². The second-order valence-electron chi connectivity index (χ2n) is 7.17. The van der Waals surface area contributed by atoms with E-state index in [4.69, 9.17) is 5.14 Å². The first-order chi connectivity index (χ1) is 14.8. The van der Waals surface area contributed by atoms with Crippen LogP contribution in [0.15, 0.2) is 35.6 Å². The Labute approximate surface area is 179 Å². The number of aromatic nitrogens is 2. The average molecular weight is 479 g/mol. The van der Waals surface area contributed by atoms with Crippen LogP contribution in [0, 0.1) is 0 Å². The Bertz CT molecular complexity index is 1120. The number of nitrogens with zero attached hydrogens (tertiary/aromatic N) is 3. The van der Waals surface area contributed by atoms with Crippen molar-refractivity contribution in [2.45, 2.75) is 36.4 Å². The molecule has 1 saturated heterocycles. The molecule has 174 valence electrons. The van der Waals surface area contributed by atoms with Crippen LogP contribution in [-0.2, 0) is 16.2 Å². The summed E-state index contributed by atoms with van der Waals surface area (Å²) >= 11 is 0. The summed E-state index contributed by atoms with van der Waals surface area (Å²) in [6.45, 7) is -0.143. The van der Waals surface area contributed by atoms with E-state index in [0.717, 1.165) is 12.3 Å². The van der Waals surface area contributed by atoms with E-state index in [2.05, 4.69) is 15.3 Å². The number of anilines is 2. The molecule has 1 fully saturated rings. The van der Waals surface area contributed by atoms with Gasteiger partial charge in [0.15, 0.2) is 5.03 Å². The smallest absolute Gasteiger partial charge is 0.356 e. The highest BCUT2D eigenvalue weighted by molar-refractivity contribution is 7.89. The predicted octanol–water partition coefficient (Wildman–Crippen LogP) is 3.02. The third-order valence-electron chi connectivity index (χ3n) is 4.74. The van der Waals surface area contributed by atoms with Crippen molar-refractivity contribution < 1.29 is 35.2 Å². The molecule has 0 saturated carbocycles. The molecule has 2 aromatic rings. The van der Waals surface area contributed by atoms with Gasteiger partial charge in [0.25, 0.3) is 15.9 Å². The maximum Gasteiger partial charge on any atom is 0.417 e.